The summed E-state index contributed by atoms with van der Waals surface area (Å²) in [6.07, 6.45) is -10.7. The van der Waals surface area contributed by atoms with E-state index >= 15 is 0 Å². The highest BCUT2D eigenvalue weighted by molar-refractivity contribution is 7.12. The van der Waals surface area contributed by atoms with Crippen molar-refractivity contribution in [3.05, 3.63) is 21.9 Å². The van der Waals surface area contributed by atoms with Crippen molar-refractivity contribution in [1.29, 1.82) is 0 Å². The molecule has 0 aromatic carbocycles. The zero-order valence-corrected chi connectivity index (χ0v) is 11.0. The fraction of sp³-hybridized carbons (Fsp3) is 0.636. The predicted molar refractivity (Wildman–Crippen MR) is 61.1 cm³/mol. The number of nitrogens with one attached hydrogen (secondary N) is 1. The number of hydrogen-bond donors (Lipinski definition) is 1. The van der Waals surface area contributed by atoms with Crippen LogP contribution >= 0.6 is 11.3 Å². The average Bonchev–Trinajstić information content (AvgIpc) is 2.59. The normalized spacial score (nSPS) is 15.0. The lowest BCUT2D eigenvalue weighted by Gasteiger charge is -2.30. The smallest absolute Gasteiger partial charge is 0.309 e. The molecule has 0 bridgehead atoms. The van der Waals surface area contributed by atoms with Crippen LogP contribution in [0.5, 0.6) is 0 Å². The summed E-state index contributed by atoms with van der Waals surface area (Å²) in [5.74, 6) is -3.40. The fourth-order valence-electron chi connectivity index (χ4n) is 1.79. The summed E-state index contributed by atoms with van der Waals surface area (Å²) in [5.41, 5.74) is 0. The first-order chi connectivity index (χ1) is 8.57. The van der Waals surface area contributed by atoms with E-state index in [0.29, 0.717) is 4.88 Å². The van der Waals surface area contributed by atoms with Crippen LogP contribution in [0, 0.1) is 12.8 Å². The highest BCUT2D eigenvalue weighted by Gasteiger charge is 2.60. The summed E-state index contributed by atoms with van der Waals surface area (Å²) < 4.78 is 76.4. The summed E-state index contributed by atoms with van der Waals surface area (Å²) >= 11 is 0.934. The van der Waals surface area contributed by atoms with E-state index in [1.165, 1.54) is 19.1 Å². The standard InChI is InChI=1S/C11H13F6NS/c1-3-18-8(7-5-4-6(2)19-7)9(10(12,13)14)11(15,16)17/h4-5,8-9,18H,3H2,1-2H3. The molecule has 0 aliphatic carbocycles. The highest BCUT2D eigenvalue weighted by Crippen LogP contribution is 2.47. The number of aryl methyl sites for hydroxylation is 1. The Hall–Kier alpha value is -0.760. The van der Waals surface area contributed by atoms with Crippen molar-refractivity contribution in [3.63, 3.8) is 0 Å². The molecule has 1 nitrogen and oxygen atoms in total. The van der Waals surface area contributed by atoms with Crippen LogP contribution in [0.1, 0.15) is 22.7 Å². The van der Waals surface area contributed by atoms with Gasteiger partial charge in [-0.3, -0.25) is 0 Å². The van der Waals surface area contributed by atoms with Gasteiger partial charge in [-0.25, -0.2) is 0 Å². The molecule has 1 heterocycles. The van der Waals surface area contributed by atoms with Crippen LogP contribution in [0.2, 0.25) is 0 Å². The van der Waals surface area contributed by atoms with Crippen molar-refractivity contribution in [1.82, 2.24) is 5.32 Å². The van der Waals surface area contributed by atoms with E-state index in [1.807, 2.05) is 0 Å². The second-order valence-electron chi connectivity index (χ2n) is 4.04. The molecule has 1 unspecified atom stereocenters. The summed E-state index contributed by atoms with van der Waals surface area (Å²) in [6.45, 7) is 3.12. The molecule has 1 rings (SSSR count). The molecule has 19 heavy (non-hydrogen) atoms. The first-order valence-corrected chi connectivity index (χ1v) is 6.32. The van der Waals surface area contributed by atoms with E-state index in [1.54, 1.807) is 6.92 Å². The van der Waals surface area contributed by atoms with Gasteiger partial charge in [0.25, 0.3) is 0 Å². The van der Waals surface area contributed by atoms with Crippen LogP contribution in [0.25, 0.3) is 0 Å². The van der Waals surface area contributed by atoms with Gasteiger partial charge >= 0.3 is 12.4 Å². The largest absolute Gasteiger partial charge is 0.402 e. The Balaban J connectivity index is 3.20. The number of hydrogen-bond acceptors (Lipinski definition) is 2. The monoisotopic (exact) mass is 305 g/mol. The van der Waals surface area contributed by atoms with E-state index in [9.17, 15) is 26.3 Å². The maximum atomic E-state index is 12.7. The third-order valence-electron chi connectivity index (χ3n) is 2.53. The fourth-order valence-corrected chi connectivity index (χ4v) is 2.78. The molecule has 1 N–H and O–H groups in total. The predicted octanol–water partition coefficient (Wildman–Crippen LogP) is 4.45. The Kier molecular flexibility index (Phi) is 4.89. The molecule has 0 saturated carbocycles. The van der Waals surface area contributed by atoms with Crippen LogP contribution < -0.4 is 5.32 Å². The third kappa shape index (κ3) is 4.10. The van der Waals surface area contributed by atoms with Crippen molar-refractivity contribution in [2.45, 2.75) is 32.2 Å². The van der Waals surface area contributed by atoms with Gasteiger partial charge in [0, 0.05) is 9.75 Å². The zero-order chi connectivity index (χ0) is 14.8. The molecule has 1 aromatic heterocycles. The second kappa shape index (κ2) is 5.70. The van der Waals surface area contributed by atoms with Crippen molar-refractivity contribution >= 4 is 11.3 Å². The van der Waals surface area contributed by atoms with Crippen LogP contribution in [0.15, 0.2) is 12.1 Å². The topological polar surface area (TPSA) is 12.0 Å². The Bertz CT molecular complexity index is 394. The lowest BCUT2D eigenvalue weighted by molar-refractivity contribution is -0.292. The van der Waals surface area contributed by atoms with Crippen molar-refractivity contribution < 1.29 is 26.3 Å². The number of rotatable bonds is 4. The lowest BCUT2D eigenvalue weighted by Crippen LogP contribution is -2.45. The molecule has 0 aliphatic heterocycles. The third-order valence-corrected chi connectivity index (χ3v) is 3.61. The quantitative estimate of drug-likeness (QED) is 0.811. The molecule has 0 saturated heterocycles. The summed E-state index contributed by atoms with van der Waals surface area (Å²) in [7, 11) is 0. The zero-order valence-electron chi connectivity index (χ0n) is 10.2. The van der Waals surface area contributed by atoms with E-state index in [4.69, 9.17) is 0 Å². The first-order valence-electron chi connectivity index (χ1n) is 5.50. The van der Waals surface area contributed by atoms with Gasteiger partial charge in [-0.2, -0.15) is 26.3 Å². The molecular formula is C11H13F6NS. The molecule has 110 valence electrons. The molecule has 0 aliphatic rings. The number of halogens is 6. The van der Waals surface area contributed by atoms with Gasteiger partial charge in [-0.15, -0.1) is 11.3 Å². The van der Waals surface area contributed by atoms with Crippen LogP contribution in [0.3, 0.4) is 0 Å². The van der Waals surface area contributed by atoms with Gasteiger partial charge in [0.05, 0.1) is 6.04 Å². The second-order valence-corrected chi connectivity index (χ2v) is 5.36. The summed E-state index contributed by atoms with van der Waals surface area (Å²) in [5, 5.41) is 2.30. The number of thiophene rings is 1. The highest BCUT2D eigenvalue weighted by atomic mass is 32.1. The van der Waals surface area contributed by atoms with Gasteiger partial charge in [0.1, 0.15) is 0 Å². The van der Waals surface area contributed by atoms with Crippen LogP contribution in [-0.2, 0) is 0 Å². The van der Waals surface area contributed by atoms with Crippen molar-refractivity contribution in [3.8, 4) is 0 Å². The minimum Gasteiger partial charge on any atom is -0.309 e. The molecule has 8 heteroatoms. The maximum absolute atomic E-state index is 12.7. The summed E-state index contributed by atoms with van der Waals surface area (Å²) in [4.78, 5) is 0.708. The van der Waals surface area contributed by atoms with Gasteiger partial charge in [0.15, 0.2) is 5.92 Å². The van der Waals surface area contributed by atoms with Gasteiger partial charge < -0.3 is 5.32 Å². The van der Waals surface area contributed by atoms with Gasteiger partial charge in [-0.1, -0.05) is 6.92 Å². The lowest BCUT2D eigenvalue weighted by atomic mass is 9.96. The molecule has 0 spiro atoms. The molecule has 0 amide bonds. The average molecular weight is 305 g/mol. The van der Waals surface area contributed by atoms with E-state index < -0.39 is 24.3 Å². The van der Waals surface area contributed by atoms with Gasteiger partial charge in [0.2, 0.25) is 0 Å². The SMILES string of the molecule is CCNC(c1ccc(C)s1)C(C(F)(F)F)C(F)(F)F. The first kappa shape index (κ1) is 16.3. The minimum atomic E-state index is -5.34. The van der Waals surface area contributed by atoms with Crippen LogP contribution in [0.4, 0.5) is 26.3 Å². The Morgan fingerprint density at radius 3 is 1.95 bits per heavy atom. The Morgan fingerprint density at radius 2 is 1.63 bits per heavy atom. The van der Waals surface area contributed by atoms with E-state index in [0.717, 1.165) is 11.3 Å². The number of alkyl halides is 6. The summed E-state index contributed by atoms with van der Waals surface area (Å²) in [6, 6.07) is 1.01. The van der Waals surface area contributed by atoms with Crippen molar-refractivity contribution in [2.24, 2.45) is 5.92 Å². The Labute approximate surface area is 110 Å². The molecule has 1 atom stereocenters. The van der Waals surface area contributed by atoms with E-state index in [-0.39, 0.29) is 11.4 Å². The van der Waals surface area contributed by atoms with E-state index in [2.05, 4.69) is 5.32 Å². The van der Waals surface area contributed by atoms with Gasteiger partial charge in [-0.05, 0) is 25.6 Å². The molecule has 1 aromatic rings. The molecular weight excluding hydrogens is 292 g/mol. The van der Waals surface area contributed by atoms with Crippen molar-refractivity contribution in [2.75, 3.05) is 6.54 Å². The Morgan fingerprint density at radius 1 is 1.11 bits per heavy atom. The minimum absolute atomic E-state index is 0.0181. The maximum Gasteiger partial charge on any atom is 0.402 e. The molecule has 0 fully saturated rings. The molecule has 0 radical (unpaired) electrons. The van der Waals surface area contributed by atoms with Crippen LogP contribution in [-0.4, -0.2) is 18.9 Å².